The van der Waals surface area contributed by atoms with E-state index in [4.69, 9.17) is 0 Å². The number of fused-ring (bicyclic) bond motifs is 1. The molecule has 3 fully saturated rings. The molecule has 0 unspecified atom stereocenters. The van der Waals surface area contributed by atoms with Crippen molar-refractivity contribution in [2.75, 3.05) is 0 Å². The van der Waals surface area contributed by atoms with Gasteiger partial charge in [-0.25, -0.2) is 0 Å². The summed E-state index contributed by atoms with van der Waals surface area (Å²) in [6.45, 7) is 8.67. The van der Waals surface area contributed by atoms with Gasteiger partial charge in [0.25, 0.3) is 0 Å². The number of aliphatic hydroxyl groups is 1. The van der Waals surface area contributed by atoms with Gasteiger partial charge in [-0.3, -0.25) is 4.79 Å². The van der Waals surface area contributed by atoms with Crippen molar-refractivity contribution in [3.05, 3.63) is 0 Å². The number of hydrogen-bond donors (Lipinski definition) is 1. The Labute approximate surface area is 104 Å². The van der Waals surface area contributed by atoms with Crippen LogP contribution in [0.15, 0.2) is 0 Å². The van der Waals surface area contributed by atoms with Crippen LogP contribution in [0.2, 0.25) is 0 Å². The number of ketones is 1. The molecule has 0 aromatic heterocycles. The molecule has 3 rings (SSSR count). The lowest BCUT2D eigenvalue weighted by atomic mass is 9.50. The normalized spacial score (nSPS) is 56.1. The van der Waals surface area contributed by atoms with Crippen molar-refractivity contribution in [2.24, 2.45) is 28.6 Å². The van der Waals surface area contributed by atoms with Crippen LogP contribution in [0.1, 0.15) is 53.4 Å². The van der Waals surface area contributed by atoms with E-state index in [-0.39, 0.29) is 16.6 Å². The summed E-state index contributed by atoms with van der Waals surface area (Å²) in [6, 6.07) is 0. The smallest absolute Gasteiger partial charge is 0.164 e. The lowest BCUT2D eigenvalue weighted by Crippen LogP contribution is -2.62. The third-order valence-electron chi connectivity index (χ3n) is 6.87. The minimum atomic E-state index is -1.10. The quantitative estimate of drug-likeness (QED) is 0.702. The van der Waals surface area contributed by atoms with Crippen LogP contribution >= 0.6 is 0 Å². The second kappa shape index (κ2) is 2.96. The Morgan fingerprint density at radius 2 is 1.94 bits per heavy atom. The van der Waals surface area contributed by atoms with E-state index in [9.17, 15) is 9.90 Å². The molecule has 1 spiro atoms. The van der Waals surface area contributed by atoms with Gasteiger partial charge in [-0.1, -0.05) is 20.8 Å². The van der Waals surface area contributed by atoms with Crippen LogP contribution in [0.3, 0.4) is 0 Å². The molecule has 5 atom stereocenters. The van der Waals surface area contributed by atoms with Crippen molar-refractivity contribution in [3.8, 4) is 0 Å². The van der Waals surface area contributed by atoms with Crippen molar-refractivity contribution in [1.29, 1.82) is 0 Å². The van der Waals surface area contributed by atoms with Gasteiger partial charge in [0.05, 0.1) is 0 Å². The summed E-state index contributed by atoms with van der Waals surface area (Å²) in [5.74, 6) is 1.79. The lowest BCUT2D eigenvalue weighted by molar-refractivity contribution is -0.183. The van der Waals surface area contributed by atoms with Gasteiger partial charge in [0, 0.05) is 11.8 Å². The monoisotopic (exact) mass is 236 g/mol. The highest BCUT2D eigenvalue weighted by molar-refractivity contribution is 5.90. The van der Waals surface area contributed by atoms with E-state index in [1.807, 2.05) is 0 Å². The Morgan fingerprint density at radius 1 is 1.29 bits per heavy atom. The van der Waals surface area contributed by atoms with Crippen molar-refractivity contribution in [2.45, 2.75) is 59.0 Å². The van der Waals surface area contributed by atoms with Crippen molar-refractivity contribution < 1.29 is 9.90 Å². The fourth-order valence-electron chi connectivity index (χ4n) is 5.77. The number of carbonyl (C=O) groups excluding carboxylic acids is 1. The molecule has 0 aliphatic heterocycles. The molecule has 0 radical (unpaired) electrons. The zero-order chi connectivity index (χ0) is 12.6. The molecule has 17 heavy (non-hydrogen) atoms. The standard InChI is InChI=1S/C15H24O2/c1-9-5-6-15-11(9)7-10(13(15,2)3)8-12(16)14(15,4)17/h9-11,17H,5-8H2,1-4H3/t9-,10+,11+,14+,15+/m0/s1. The predicted octanol–water partition coefficient (Wildman–Crippen LogP) is 2.79. The van der Waals surface area contributed by atoms with Gasteiger partial charge in [0.2, 0.25) is 0 Å². The third kappa shape index (κ3) is 1.01. The minimum Gasteiger partial charge on any atom is -0.382 e. The topological polar surface area (TPSA) is 37.3 Å². The van der Waals surface area contributed by atoms with Gasteiger partial charge in [-0.05, 0) is 49.4 Å². The van der Waals surface area contributed by atoms with E-state index in [1.165, 1.54) is 6.42 Å². The molecule has 0 aromatic carbocycles. The highest BCUT2D eigenvalue weighted by Crippen LogP contribution is 2.74. The van der Waals surface area contributed by atoms with Gasteiger partial charge in [0.1, 0.15) is 5.60 Å². The zero-order valence-electron chi connectivity index (χ0n) is 11.4. The van der Waals surface area contributed by atoms with Gasteiger partial charge in [-0.15, -0.1) is 0 Å². The van der Waals surface area contributed by atoms with Crippen LogP contribution in [0.5, 0.6) is 0 Å². The molecule has 2 bridgehead atoms. The molecule has 3 aliphatic rings. The molecule has 3 saturated carbocycles. The van der Waals surface area contributed by atoms with Crippen LogP contribution in [0.25, 0.3) is 0 Å². The second-order valence-electron chi connectivity index (χ2n) is 7.45. The average Bonchev–Trinajstić information content (AvgIpc) is 2.62. The van der Waals surface area contributed by atoms with Gasteiger partial charge >= 0.3 is 0 Å². The van der Waals surface area contributed by atoms with Crippen LogP contribution in [0, 0.1) is 28.6 Å². The Hall–Kier alpha value is -0.370. The fourth-order valence-corrected chi connectivity index (χ4v) is 5.77. The van der Waals surface area contributed by atoms with Gasteiger partial charge in [-0.2, -0.15) is 0 Å². The number of carbonyl (C=O) groups is 1. The Bertz CT molecular complexity index is 382. The van der Waals surface area contributed by atoms with Crippen LogP contribution in [0.4, 0.5) is 0 Å². The van der Waals surface area contributed by atoms with E-state index in [2.05, 4.69) is 20.8 Å². The van der Waals surface area contributed by atoms with Crippen molar-refractivity contribution in [1.82, 2.24) is 0 Å². The summed E-state index contributed by atoms with van der Waals surface area (Å²) in [4.78, 5) is 12.3. The maximum atomic E-state index is 12.3. The molecule has 0 aromatic rings. The summed E-state index contributed by atoms with van der Waals surface area (Å²) in [6.07, 6.45) is 3.94. The van der Waals surface area contributed by atoms with Crippen molar-refractivity contribution >= 4 is 5.78 Å². The minimum absolute atomic E-state index is 0.0958. The van der Waals surface area contributed by atoms with E-state index in [0.717, 1.165) is 12.8 Å². The summed E-state index contributed by atoms with van der Waals surface area (Å²) in [7, 11) is 0. The molecule has 0 heterocycles. The lowest BCUT2D eigenvalue weighted by Gasteiger charge is -2.55. The summed E-state index contributed by atoms with van der Waals surface area (Å²) < 4.78 is 0. The average molecular weight is 236 g/mol. The molecule has 0 amide bonds. The first-order chi connectivity index (χ1) is 7.75. The number of hydrogen-bond acceptors (Lipinski definition) is 2. The Balaban J connectivity index is 2.21. The van der Waals surface area contributed by atoms with Crippen LogP contribution < -0.4 is 0 Å². The molecule has 3 aliphatic carbocycles. The van der Waals surface area contributed by atoms with E-state index < -0.39 is 5.60 Å². The van der Waals surface area contributed by atoms with E-state index in [0.29, 0.717) is 24.2 Å². The summed E-state index contributed by atoms with van der Waals surface area (Å²) in [5, 5.41) is 10.9. The Morgan fingerprint density at radius 3 is 2.59 bits per heavy atom. The van der Waals surface area contributed by atoms with Crippen molar-refractivity contribution in [3.63, 3.8) is 0 Å². The molecule has 2 heteroatoms. The molecular formula is C15H24O2. The molecular weight excluding hydrogens is 212 g/mol. The van der Waals surface area contributed by atoms with E-state index in [1.54, 1.807) is 6.92 Å². The van der Waals surface area contributed by atoms with Gasteiger partial charge in [0.15, 0.2) is 5.78 Å². The molecule has 2 nitrogen and oxygen atoms in total. The van der Waals surface area contributed by atoms with E-state index >= 15 is 0 Å². The molecule has 1 N–H and O–H groups in total. The molecule has 96 valence electrons. The maximum absolute atomic E-state index is 12.3. The molecule has 0 saturated heterocycles. The van der Waals surface area contributed by atoms with Gasteiger partial charge < -0.3 is 5.11 Å². The number of Topliss-reactive ketones (excluding diaryl/α,β-unsaturated/α-hetero) is 1. The number of rotatable bonds is 0. The summed E-state index contributed by atoms with van der Waals surface area (Å²) >= 11 is 0. The van der Waals surface area contributed by atoms with Crippen LogP contribution in [-0.2, 0) is 4.79 Å². The first kappa shape index (κ1) is 11.7. The largest absolute Gasteiger partial charge is 0.382 e. The highest BCUT2D eigenvalue weighted by Gasteiger charge is 2.74. The predicted molar refractivity (Wildman–Crippen MR) is 66.5 cm³/mol. The summed E-state index contributed by atoms with van der Waals surface area (Å²) in [5.41, 5.74) is -1.14. The van der Waals surface area contributed by atoms with Crippen LogP contribution in [-0.4, -0.2) is 16.5 Å². The first-order valence-corrected chi connectivity index (χ1v) is 7.01. The third-order valence-corrected chi connectivity index (χ3v) is 6.87. The second-order valence-corrected chi connectivity index (χ2v) is 7.45. The zero-order valence-corrected chi connectivity index (χ0v) is 11.4. The Kier molecular flexibility index (Phi) is 2.04. The maximum Gasteiger partial charge on any atom is 0.164 e. The highest BCUT2D eigenvalue weighted by atomic mass is 16.3. The first-order valence-electron chi connectivity index (χ1n) is 7.01. The SMILES string of the molecule is C[C@H]1CC[C@]23[C@@H]1C[C@H](CC(=O)[C@@]2(C)O)C3(C)C. The fraction of sp³-hybridized carbons (Fsp3) is 0.933.